The monoisotopic (exact) mass is 724 g/mol. The SMILES string of the molecule is Cc1ccc(O[C@H](C)C[C@H](C)Oc2ccc(C)cc2-c2cc(C)cc(C3C=Cc4ccccc43)c2O)c(-c2cc(C)cc(C3C=Cc4ccccc43)c2O)c1. The van der Waals surface area contributed by atoms with E-state index in [9.17, 15) is 10.2 Å². The Morgan fingerprint density at radius 3 is 1.31 bits per heavy atom. The molecule has 0 saturated heterocycles. The van der Waals surface area contributed by atoms with Crippen molar-refractivity contribution in [1.29, 1.82) is 0 Å². The van der Waals surface area contributed by atoms with Gasteiger partial charge in [-0.15, -0.1) is 0 Å². The lowest BCUT2D eigenvalue weighted by atomic mass is 9.88. The lowest BCUT2D eigenvalue weighted by Gasteiger charge is -2.24. The molecule has 0 spiro atoms. The van der Waals surface area contributed by atoms with Crippen LogP contribution < -0.4 is 9.47 Å². The summed E-state index contributed by atoms with van der Waals surface area (Å²) in [6.07, 6.45) is 8.84. The molecule has 276 valence electrons. The molecule has 2 aliphatic rings. The van der Waals surface area contributed by atoms with Crippen molar-refractivity contribution in [3.05, 3.63) is 177 Å². The van der Waals surface area contributed by atoms with E-state index in [4.69, 9.17) is 9.47 Å². The molecule has 2 aliphatic carbocycles. The first-order chi connectivity index (χ1) is 26.5. The van der Waals surface area contributed by atoms with Gasteiger partial charge < -0.3 is 19.7 Å². The molecule has 6 aromatic carbocycles. The van der Waals surface area contributed by atoms with Gasteiger partial charge in [0.15, 0.2) is 0 Å². The van der Waals surface area contributed by atoms with Crippen LogP contribution in [-0.4, -0.2) is 22.4 Å². The summed E-state index contributed by atoms with van der Waals surface area (Å²) in [6, 6.07) is 37.3. The van der Waals surface area contributed by atoms with Gasteiger partial charge in [0.1, 0.15) is 23.0 Å². The number of rotatable bonds is 10. The minimum Gasteiger partial charge on any atom is -0.507 e. The minimum atomic E-state index is -0.199. The smallest absolute Gasteiger partial charge is 0.127 e. The van der Waals surface area contributed by atoms with Gasteiger partial charge in [-0.05, 0) is 111 Å². The largest absolute Gasteiger partial charge is 0.507 e. The van der Waals surface area contributed by atoms with Crippen molar-refractivity contribution in [2.45, 2.75) is 72.0 Å². The number of benzene rings is 6. The third kappa shape index (κ3) is 7.05. The lowest BCUT2D eigenvalue weighted by Crippen LogP contribution is -2.23. The maximum Gasteiger partial charge on any atom is 0.127 e. The van der Waals surface area contributed by atoms with Crippen LogP contribution in [0.25, 0.3) is 34.4 Å². The van der Waals surface area contributed by atoms with Crippen molar-refractivity contribution in [2.24, 2.45) is 0 Å². The number of phenols is 2. The van der Waals surface area contributed by atoms with E-state index in [1.165, 1.54) is 22.3 Å². The number of aryl methyl sites for hydroxylation is 4. The first kappa shape index (κ1) is 36.0. The summed E-state index contributed by atoms with van der Waals surface area (Å²) in [5, 5.41) is 23.8. The Morgan fingerprint density at radius 1 is 0.473 bits per heavy atom. The van der Waals surface area contributed by atoms with Crippen LogP contribution in [0.5, 0.6) is 23.0 Å². The quantitative estimate of drug-likeness (QED) is 0.148. The van der Waals surface area contributed by atoms with Gasteiger partial charge in [0.05, 0.1) is 12.2 Å². The Morgan fingerprint density at radius 2 is 0.873 bits per heavy atom. The second-order valence-corrected chi connectivity index (χ2v) is 15.5. The van der Waals surface area contributed by atoms with Crippen LogP contribution in [-0.2, 0) is 0 Å². The summed E-state index contributed by atoms with van der Waals surface area (Å²) < 4.78 is 13.4. The van der Waals surface area contributed by atoms with Crippen molar-refractivity contribution < 1.29 is 19.7 Å². The van der Waals surface area contributed by atoms with Gasteiger partial charge in [-0.3, -0.25) is 0 Å². The standard InChI is InChI=1S/C51H48O4/c1-30-15-21-48(42(23-30)46-27-32(3)25-44(50(46)52)40-19-17-36-11-7-9-13-38(36)40)54-34(5)29-35(6)55-49-22-16-31(2)24-43(49)47-28-33(4)26-45(51(47)53)41-20-18-37-12-8-10-14-39(37)41/h7-28,34-35,40-41,52-53H,29H2,1-6H3/t34-,35+,40?,41?. The molecule has 4 atom stereocenters. The fourth-order valence-corrected chi connectivity index (χ4v) is 8.45. The van der Waals surface area contributed by atoms with E-state index in [0.717, 1.165) is 67.1 Å². The highest BCUT2D eigenvalue weighted by Crippen LogP contribution is 2.47. The Kier molecular flexibility index (Phi) is 9.61. The molecule has 4 heteroatoms. The number of aromatic hydroxyl groups is 2. The van der Waals surface area contributed by atoms with E-state index in [2.05, 4.69) is 151 Å². The predicted molar refractivity (Wildman–Crippen MR) is 225 cm³/mol. The van der Waals surface area contributed by atoms with Crippen molar-refractivity contribution in [2.75, 3.05) is 0 Å². The number of fused-ring (bicyclic) bond motifs is 2. The number of hydrogen-bond acceptors (Lipinski definition) is 4. The molecule has 0 radical (unpaired) electrons. The first-order valence-corrected chi connectivity index (χ1v) is 19.3. The van der Waals surface area contributed by atoms with Crippen LogP contribution >= 0.6 is 0 Å². The van der Waals surface area contributed by atoms with Crippen LogP contribution in [0, 0.1) is 27.7 Å². The Labute approximate surface area is 325 Å². The highest BCUT2D eigenvalue weighted by Gasteiger charge is 2.27. The van der Waals surface area contributed by atoms with Crippen LogP contribution in [0.4, 0.5) is 0 Å². The molecule has 0 fully saturated rings. The van der Waals surface area contributed by atoms with Gasteiger partial charge in [-0.2, -0.15) is 0 Å². The average Bonchev–Trinajstić information content (AvgIpc) is 3.79. The number of phenolic OH excluding ortho intramolecular Hbond substituents is 2. The zero-order valence-corrected chi connectivity index (χ0v) is 32.4. The summed E-state index contributed by atoms with van der Waals surface area (Å²) in [5.74, 6) is 1.96. The topological polar surface area (TPSA) is 58.9 Å². The molecule has 0 saturated carbocycles. The molecule has 0 bridgehead atoms. The maximum atomic E-state index is 11.9. The van der Waals surface area contributed by atoms with E-state index in [0.29, 0.717) is 6.42 Å². The molecule has 2 N–H and O–H groups in total. The molecule has 0 aromatic heterocycles. The molecular weight excluding hydrogens is 677 g/mol. The summed E-state index contributed by atoms with van der Waals surface area (Å²) in [7, 11) is 0. The molecule has 6 aromatic rings. The van der Waals surface area contributed by atoms with Gasteiger partial charge in [0.25, 0.3) is 0 Å². The Hall–Kier alpha value is -6.00. The van der Waals surface area contributed by atoms with Crippen molar-refractivity contribution in [1.82, 2.24) is 0 Å². The van der Waals surface area contributed by atoms with Crippen LogP contribution in [0.15, 0.2) is 121 Å². The number of allylic oxidation sites excluding steroid dienone is 2. The summed E-state index contributed by atoms with van der Waals surface area (Å²) in [6.45, 7) is 12.4. The highest BCUT2D eigenvalue weighted by atomic mass is 16.5. The van der Waals surface area contributed by atoms with E-state index in [-0.39, 0.29) is 35.5 Å². The fraction of sp³-hybridized carbons (Fsp3) is 0.216. The van der Waals surface area contributed by atoms with E-state index in [1.807, 2.05) is 24.3 Å². The Bertz CT molecular complexity index is 2310. The molecule has 0 aliphatic heterocycles. The van der Waals surface area contributed by atoms with Gasteiger partial charge >= 0.3 is 0 Å². The lowest BCUT2D eigenvalue weighted by molar-refractivity contribution is 0.131. The minimum absolute atomic E-state index is 0.0165. The fourth-order valence-electron chi connectivity index (χ4n) is 8.45. The van der Waals surface area contributed by atoms with Crippen molar-refractivity contribution in [3.8, 4) is 45.3 Å². The van der Waals surface area contributed by atoms with Crippen LogP contribution in [0.2, 0.25) is 0 Å². The molecule has 55 heavy (non-hydrogen) atoms. The molecule has 0 heterocycles. The third-order valence-electron chi connectivity index (χ3n) is 11.0. The van der Waals surface area contributed by atoms with Gasteiger partial charge in [0, 0.05) is 51.6 Å². The average molecular weight is 725 g/mol. The van der Waals surface area contributed by atoms with E-state index < -0.39 is 0 Å². The molecule has 2 unspecified atom stereocenters. The number of hydrogen-bond donors (Lipinski definition) is 2. The molecular formula is C51H48O4. The second kappa shape index (κ2) is 14.7. The first-order valence-electron chi connectivity index (χ1n) is 19.3. The van der Waals surface area contributed by atoms with E-state index >= 15 is 0 Å². The normalized spacial score (nSPS) is 16.5. The highest BCUT2D eigenvalue weighted by molar-refractivity contribution is 5.81. The predicted octanol–water partition coefficient (Wildman–Crippen LogP) is 12.6. The zero-order chi connectivity index (χ0) is 38.4. The molecule has 4 nitrogen and oxygen atoms in total. The third-order valence-corrected chi connectivity index (χ3v) is 11.0. The van der Waals surface area contributed by atoms with Crippen LogP contribution in [0.1, 0.15) is 87.7 Å². The van der Waals surface area contributed by atoms with Crippen LogP contribution in [0.3, 0.4) is 0 Å². The van der Waals surface area contributed by atoms with Crippen molar-refractivity contribution in [3.63, 3.8) is 0 Å². The molecule has 0 amide bonds. The van der Waals surface area contributed by atoms with Gasteiger partial charge in [0.2, 0.25) is 0 Å². The summed E-state index contributed by atoms with van der Waals surface area (Å²) >= 11 is 0. The van der Waals surface area contributed by atoms with Gasteiger partial charge in [-0.25, -0.2) is 0 Å². The Balaban J connectivity index is 1.04. The summed E-state index contributed by atoms with van der Waals surface area (Å²) in [5.41, 5.74) is 14.1. The second-order valence-electron chi connectivity index (χ2n) is 15.5. The maximum absolute atomic E-state index is 11.9. The van der Waals surface area contributed by atoms with Crippen molar-refractivity contribution >= 4 is 12.2 Å². The van der Waals surface area contributed by atoms with E-state index in [1.54, 1.807) is 0 Å². The number of ether oxygens (including phenoxy) is 2. The zero-order valence-electron chi connectivity index (χ0n) is 32.4. The molecule has 8 rings (SSSR count). The van der Waals surface area contributed by atoms with Gasteiger partial charge in [-0.1, -0.05) is 108 Å². The summed E-state index contributed by atoms with van der Waals surface area (Å²) in [4.78, 5) is 0.